The van der Waals surface area contributed by atoms with Gasteiger partial charge in [-0.05, 0) is 24.9 Å². The lowest BCUT2D eigenvalue weighted by molar-refractivity contribution is 0.165. The van der Waals surface area contributed by atoms with Crippen LogP contribution in [0.15, 0.2) is 0 Å². The van der Waals surface area contributed by atoms with E-state index in [0.717, 1.165) is 13.0 Å². The largest absolute Gasteiger partial charge is 0.317 e. The second kappa shape index (κ2) is 7.27. The summed E-state index contributed by atoms with van der Waals surface area (Å²) in [5.41, 5.74) is 2.12. The van der Waals surface area contributed by atoms with Crippen LogP contribution in [-0.2, 0) is 0 Å². The van der Waals surface area contributed by atoms with Gasteiger partial charge in [0.2, 0.25) is 0 Å². The van der Waals surface area contributed by atoms with Crippen molar-refractivity contribution in [3.05, 3.63) is 0 Å². The third kappa shape index (κ3) is 6.27. The van der Waals surface area contributed by atoms with E-state index in [1.165, 1.54) is 12.2 Å². The highest BCUT2D eigenvalue weighted by Gasteiger charge is 1.83. The first-order valence-corrected chi connectivity index (χ1v) is 4.17. The van der Waals surface area contributed by atoms with Gasteiger partial charge >= 0.3 is 0 Å². The van der Waals surface area contributed by atoms with E-state index in [-0.39, 0.29) is 0 Å². The number of rotatable bonds is 5. The van der Waals surface area contributed by atoms with E-state index < -0.39 is 0 Å². The van der Waals surface area contributed by atoms with Crippen molar-refractivity contribution in [2.24, 2.45) is 0 Å². The molecule has 2 nitrogen and oxygen atoms in total. The minimum Gasteiger partial charge on any atom is -0.317 e. The predicted molar refractivity (Wildman–Crippen MR) is 37.4 cm³/mol. The van der Waals surface area contributed by atoms with Crippen molar-refractivity contribution in [2.75, 3.05) is 18.6 Å². The van der Waals surface area contributed by atoms with Gasteiger partial charge in [0.15, 0.2) is 0 Å². The minimum atomic E-state index is 0.723. The number of nitrogens with one attached hydrogen (secondary N) is 1. The van der Waals surface area contributed by atoms with Crippen LogP contribution in [0, 0.1) is 0 Å². The monoisotopic (exact) mass is 135 g/mol. The molecule has 0 aromatic heterocycles. The molecule has 0 saturated carbocycles. The van der Waals surface area contributed by atoms with E-state index in [4.69, 9.17) is 5.21 Å². The summed E-state index contributed by atoms with van der Waals surface area (Å²) in [7, 11) is 0. The number of hydroxylamine groups is 1. The van der Waals surface area contributed by atoms with E-state index in [0.29, 0.717) is 0 Å². The fourth-order valence-corrected chi connectivity index (χ4v) is 0.943. The van der Waals surface area contributed by atoms with Crippen molar-refractivity contribution >= 4 is 11.8 Å². The molecule has 0 aliphatic heterocycles. The zero-order valence-corrected chi connectivity index (χ0v) is 6.00. The fourth-order valence-electron chi connectivity index (χ4n) is 0.450. The summed E-state index contributed by atoms with van der Waals surface area (Å²) in [5, 5.41) is 8.11. The van der Waals surface area contributed by atoms with Crippen molar-refractivity contribution in [1.82, 2.24) is 5.48 Å². The molecule has 3 heteroatoms. The first-order chi connectivity index (χ1) is 3.91. The summed E-state index contributed by atoms with van der Waals surface area (Å²) in [4.78, 5) is 0. The fraction of sp³-hybridized carbons (Fsp3) is 1.00. The number of hydrogen-bond donors (Lipinski definition) is 2. The summed E-state index contributed by atoms with van der Waals surface area (Å²) in [5.74, 6) is 1.20. The second-order valence-corrected chi connectivity index (χ2v) is 2.59. The zero-order chi connectivity index (χ0) is 6.24. The highest BCUT2D eigenvalue weighted by molar-refractivity contribution is 7.98. The molecule has 0 aliphatic carbocycles. The smallest absolute Gasteiger partial charge is 0.0207 e. The van der Waals surface area contributed by atoms with Gasteiger partial charge in [-0.1, -0.05) is 0 Å². The average Bonchev–Trinajstić information content (AvgIpc) is 1.81. The Bertz CT molecular complexity index is 37.4. The topological polar surface area (TPSA) is 32.3 Å². The number of unbranched alkanes of at least 4 members (excludes halogenated alkanes) is 1. The van der Waals surface area contributed by atoms with Gasteiger partial charge in [0, 0.05) is 6.54 Å². The molecule has 0 fully saturated rings. The van der Waals surface area contributed by atoms with Crippen molar-refractivity contribution in [3.8, 4) is 0 Å². The Morgan fingerprint density at radius 1 is 1.50 bits per heavy atom. The Kier molecular flexibility index (Phi) is 7.52. The Morgan fingerprint density at radius 3 is 2.75 bits per heavy atom. The van der Waals surface area contributed by atoms with Gasteiger partial charge in [-0.3, -0.25) is 0 Å². The van der Waals surface area contributed by atoms with Crippen LogP contribution in [0.3, 0.4) is 0 Å². The van der Waals surface area contributed by atoms with Crippen LogP contribution in [-0.4, -0.2) is 23.8 Å². The van der Waals surface area contributed by atoms with Crippen LogP contribution in [0.4, 0.5) is 0 Å². The van der Waals surface area contributed by atoms with Crippen LogP contribution in [0.5, 0.6) is 0 Å². The van der Waals surface area contributed by atoms with Crippen LogP contribution in [0.25, 0.3) is 0 Å². The van der Waals surface area contributed by atoms with E-state index in [9.17, 15) is 0 Å². The van der Waals surface area contributed by atoms with Crippen LogP contribution in [0.2, 0.25) is 0 Å². The lowest BCUT2D eigenvalue weighted by Crippen LogP contribution is -2.08. The molecule has 0 radical (unpaired) electrons. The van der Waals surface area contributed by atoms with E-state index >= 15 is 0 Å². The maximum Gasteiger partial charge on any atom is 0.0207 e. The molecule has 0 rings (SSSR count). The van der Waals surface area contributed by atoms with E-state index in [1.54, 1.807) is 0 Å². The van der Waals surface area contributed by atoms with Gasteiger partial charge in [0.25, 0.3) is 0 Å². The molecular formula is C5H13NOS. The molecule has 0 aromatic carbocycles. The Morgan fingerprint density at radius 2 is 2.25 bits per heavy atom. The molecule has 2 N–H and O–H groups in total. The standard InChI is InChI=1S/C5H13NOS/c1-8-5-3-2-4-6-7/h6-7H,2-5H2,1H3. The molecule has 0 aromatic rings. The summed E-state index contributed by atoms with van der Waals surface area (Å²) in [6.07, 6.45) is 4.35. The first kappa shape index (κ1) is 8.27. The SMILES string of the molecule is CSCCCCNO. The minimum absolute atomic E-state index is 0.723. The normalized spacial score (nSPS) is 9.75. The average molecular weight is 135 g/mol. The predicted octanol–water partition coefficient (Wildman–Crippen LogP) is 1.11. The highest BCUT2D eigenvalue weighted by atomic mass is 32.2. The maximum atomic E-state index is 8.11. The highest BCUT2D eigenvalue weighted by Crippen LogP contribution is 1.97. The van der Waals surface area contributed by atoms with E-state index in [2.05, 4.69) is 11.7 Å². The van der Waals surface area contributed by atoms with E-state index in [1.807, 2.05) is 11.8 Å². The molecule has 50 valence electrons. The zero-order valence-electron chi connectivity index (χ0n) is 5.18. The van der Waals surface area contributed by atoms with Gasteiger partial charge in [-0.15, -0.1) is 0 Å². The first-order valence-electron chi connectivity index (χ1n) is 2.77. The quantitative estimate of drug-likeness (QED) is 0.437. The summed E-state index contributed by atoms with van der Waals surface area (Å²) in [6, 6.07) is 0. The Hall–Kier alpha value is 0.270. The van der Waals surface area contributed by atoms with Crippen molar-refractivity contribution in [1.29, 1.82) is 0 Å². The van der Waals surface area contributed by atoms with Gasteiger partial charge < -0.3 is 5.21 Å². The molecule has 0 aliphatic rings. The third-order valence-electron chi connectivity index (χ3n) is 0.887. The van der Waals surface area contributed by atoms with Crippen molar-refractivity contribution in [2.45, 2.75) is 12.8 Å². The van der Waals surface area contributed by atoms with Crippen LogP contribution < -0.4 is 5.48 Å². The van der Waals surface area contributed by atoms with Crippen LogP contribution >= 0.6 is 11.8 Å². The van der Waals surface area contributed by atoms with Crippen molar-refractivity contribution < 1.29 is 5.21 Å². The third-order valence-corrected chi connectivity index (χ3v) is 1.58. The summed E-state index contributed by atoms with van der Waals surface area (Å²) in [6.45, 7) is 0.723. The molecule has 8 heavy (non-hydrogen) atoms. The molecule has 0 atom stereocenters. The maximum absolute atomic E-state index is 8.11. The van der Waals surface area contributed by atoms with Gasteiger partial charge in [-0.25, -0.2) is 5.48 Å². The molecule has 0 heterocycles. The Balaban J connectivity index is 2.53. The molecule has 0 unspecified atom stereocenters. The lowest BCUT2D eigenvalue weighted by atomic mass is 10.3. The summed E-state index contributed by atoms with van der Waals surface area (Å²) < 4.78 is 0. The molecular weight excluding hydrogens is 122 g/mol. The van der Waals surface area contributed by atoms with Crippen LogP contribution in [0.1, 0.15) is 12.8 Å². The lowest BCUT2D eigenvalue weighted by Gasteiger charge is -1.94. The van der Waals surface area contributed by atoms with Gasteiger partial charge in [0.05, 0.1) is 0 Å². The molecule has 0 spiro atoms. The molecule has 0 bridgehead atoms. The van der Waals surface area contributed by atoms with Gasteiger partial charge in [-0.2, -0.15) is 11.8 Å². The van der Waals surface area contributed by atoms with Gasteiger partial charge in [0.1, 0.15) is 0 Å². The second-order valence-electron chi connectivity index (χ2n) is 1.61. The molecule has 0 amide bonds. The number of thioether (sulfide) groups is 1. The molecule has 0 saturated heterocycles. The number of hydrogen-bond acceptors (Lipinski definition) is 3. The Labute approximate surface area is 54.6 Å². The van der Waals surface area contributed by atoms with Crippen molar-refractivity contribution in [3.63, 3.8) is 0 Å². The summed E-state index contributed by atoms with van der Waals surface area (Å²) >= 11 is 1.84.